The molecule has 10 nitrogen and oxygen atoms in total. The zero-order valence-corrected chi connectivity index (χ0v) is 21.0. The van der Waals surface area contributed by atoms with Gasteiger partial charge in [0.2, 0.25) is 5.91 Å². The van der Waals surface area contributed by atoms with Gasteiger partial charge in [0, 0.05) is 44.7 Å². The Bertz CT molecular complexity index is 1460. The van der Waals surface area contributed by atoms with Gasteiger partial charge in [-0.25, -0.2) is 4.79 Å². The first-order valence-corrected chi connectivity index (χ1v) is 11.7. The largest absolute Gasteiger partial charge is 0.573 e. The van der Waals surface area contributed by atoms with Gasteiger partial charge >= 0.3 is 12.1 Å². The SMILES string of the molecule is CC(=O)NCCn1c(=O)c2c(n(C)c1=O)NC(Oc1cccc(OC(F)(F)F)c1)N2Cc1ccc(Cl)cc1. The van der Waals surface area contributed by atoms with Gasteiger partial charge in [-0.1, -0.05) is 29.8 Å². The van der Waals surface area contributed by atoms with Gasteiger partial charge in [0.25, 0.3) is 11.9 Å². The van der Waals surface area contributed by atoms with E-state index >= 15 is 0 Å². The quantitative estimate of drug-likeness (QED) is 0.442. The van der Waals surface area contributed by atoms with Gasteiger partial charge in [0.05, 0.1) is 0 Å². The van der Waals surface area contributed by atoms with Crippen molar-refractivity contribution in [2.24, 2.45) is 7.05 Å². The number of anilines is 2. The molecule has 0 radical (unpaired) electrons. The fourth-order valence-electron chi connectivity index (χ4n) is 3.94. The molecular weight excluding hydrogens is 531 g/mol. The maximum absolute atomic E-state index is 13.5. The number of ether oxygens (including phenoxy) is 2. The van der Waals surface area contributed by atoms with Gasteiger partial charge in [-0.15, -0.1) is 13.2 Å². The molecule has 0 fully saturated rings. The van der Waals surface area contributed by atoms with E-state index in [4.69, 9.17) is 16.3 Å². The Hall–Kier alpha value is -4.13. The van der Waals surface area contributed by atoms with Crippen molar-refractivity contribution in [1.29, 1.82) is 0 Å². The minimum absolute atomic E-state index is 0.0224. The second-order valence-corrected chi connectivity index (χ2v) is 8.81. The molecule has 1 aliphatic heterocycles. The van der Waals surface area contributed by atoms with Crippen molar-refractivity contribution in [2.45, 2.75) is 32.7 Å². The molecule has 0 bridgehead atoms. The zero-order valence-electron chi connectivity index (χ0n) is 20.2. The number of nitrogens with one attached hydrogen (secondary N) is 2. The Morgan fingerprint density at radius 2 is 1.82 bits per heavy atom. The molecule has 0 saturated carbocycles. The second kappa shape index (κ2) is 10.7. The number of carbonyl (C=O) groups excluding carboxylic acids is 1. The third-order valence-corrected chi connectivity index (χ3v) is 5.87. The summed E-state index contributed by atoms with van der Waals surface area (Å²) in [6.07, 6.45) is -5.96. The van der Waals surface area contributed by atoms with Crippen molar-refractivity contribution in [3.05, 3.63) is 80.0 Å². The van der Waals surface area contributed by atoms with Crippen LogP contribution in [-0.4, -0.2) is 34.3 Å². The first-order valence-electron chi connectivity index (χ1n) is 11.3. The summed E-state index contributed by atoms with van der Waals surface area (Å²) in [6, 6.07) is 11.8. The average Bonchev–Trinajstić information content (AvgIpc) is 3.18. The van der Waals surface area contributed by atoms with Gasteiger partial charge in [0.15, 0.2) is 0 Å². The average molecular weight is 554 g/mol. The van der Waals surface area contributed by atoms with E-state index in [1.165, 1.54) is 30.7 Å². The molecule has 2 heterocycles. The van der Waals surface area contributed by atoms with E-state index in [9.17, 15) is 27.6 Å². The number of aromatic nitrogens is 2. The molecule has 0 saturated heterocycles. The minimum Gasteiger partial charge on any atom is -0.452 e. The van der Waals surface area contributed by atoms with Crippen molar-refractivity contribution >= 4 is 29.0 Å². The van der Waals surface area contributed by atoms with Crippen LogP contribution < -0.4 is 36.3 Å². The monoisotopic (exact) mass is 553 g/mol. The summed E-state index contributed by atoms with van der Waals surface area (Å²) in [5.41, 5.74) is -0.406. The highest BCUT2D eigenvalue weighted by Crippen LogP contribution is 2.34. The Morgan fingerprint density at radius 1 is 1.13 bits per heavy atom. The molecule has 2 N–H and O–H groups in total. The van der Waals surface area contributed by atoms with Crippen LogP contribution in [0, 0.1) is 0 Å². The summed E-state index contributed by atoms with van der Waals surface area (Å²) >= 11 is 6.00. The highest BCUT2D eigenvalue weighted by molar-refractivity contribution is 6.30. The van der Waals surface area contributed by atoms with E-state index in [1.54, 1.807) is 29.2 Å². The van der Waals surface area contributed by atoms with Crippen molar-refractivity contribution in [3.63, 3.8) is 0 Å². The predicted molar refractivity (Wildman–Crippen MR) is 133 cm³/mol. The number of hydrogen-bond donors (Lipinski definition) is 2. The molecule has 3 aromatic rings. The zero-order chi connectivity index (χ0) is 27.6. The Balaban J connectivity index is 1.73. The number of halogens is 4. The molecule has 0 aliphatic carbocycles. The van der Waals surface area contributed by atoms with Gasteiger partial charge in [-0.05, 0) is 29.8 Å². The van der Waals surface area contributed by atoms with Crippen LogP contribution in [0.5, 0.6) is 11.5 Å². The van der Waals surface area contributed by atoms with E-state index in [0.29, 0.717) is 5.02 Å². The minimum atomic E-state index is -4.89. The molecule has 202 valence electrons. The van der Waals surface area contributed by atoms with E-state index in [-0.39, 0.29) is 42.8 Å². The summed E-state index contributed by atoms with van der Waals surface area (Å²) in [5.74, 6) is -0.610. The molecule has 1 unspecified atom stereocenters. The smallest absolute Gasteiger partial charge is 0.452 e. The molecule has 1 aliphatic rings. The lowest BCUT2D eigenvalue weighted by Gasteiger charge is -2.27. The summed E-state index contributed by atoms with van der Waals surface area (Å²) in [4.78, 5) is 39.3. The van der Waals surface area contributed by atoms with E-state index in [0.717, 1.165) is 22.3 Å². The van der Waals surface area contributed by atoms with Crippen LogP contribution in [0.15, 0.2) is 58.1 Å². The van der Waals surface area contributed by atoms with Crippen molar-refractivity contribution in [1.82, 2.24) is 14.5 Å². The van der Waals surface area contributed by atoms with E-state index in [2.05, 4.69) is 15.4 Å². The predicted octanol–water partition coefficient (Wildman–Crippen LogP) is 3.03. The van der Waals surface area contributed by atoms with Gasteiger partial charge < -0.3 is 25.0 Å². The number of fused-ring (bicyclic) bond motifs is 1. The molecule has 38 heavy (non-hydrogen) atoms. The first-order chi connectivity index (χ1) is 17.9. The number of rotatable bonds is 8. The third-order valence-electron chi connectivity index (χ3n) is 5.62. The van der Waals surface area contributed by atoms with Crippen LogP contribution >= 0.6 is 11.6 Å². The second-order valence-electron chi connectivity index (χ2n) is 8.37. The van der Waals surface area contributed by atoms with Crippen LogP contribution in [0.25, 0.3) is 0 Å². The number of carbonyl (C=O) groups is 1. The number of benzene rings is 2. The molecule has 0 spiro atoms. The fraction of sp³-hybridized carbons (Fsp3) is 0.292. The Morgan fingerprint density at radius 3 is 2.47 bits per heavy atom. The number of nitrogens with zero attached hydrogens (tertiary/aromatic N) is 3. The number of hydrogen-bond acceptors (Lipinski definition) is 7. The molecule has 2 aromatic carbocycles. The molecule has 1 aromatic heterocycles. The Labute approximate surface area is 219 Å². The van der Waals surface area contributed by atoms with Crippen molar-refractivity contribution in [3.8, 4) is 11.5 Å². The molecular formula is C24H23ClF3N5O5. The molecule has 1 atom stereocenters. The maximum Gasteiger partial charge on any atom is 0.573 e. The van der Waals surface area contributed by atoms with Crippen LogP contribution in [0.3, 0.4) is 0 Å². The summed E-state index contributed by atoms with van der Waals surface area (Å²) < 4.78 is 50.2. The lowest BCUT2D eigenvalue weighted by atomic mass is 10.2. The van der Waals surface area contributed by atoms with Gasteiger partial charge in [0.1, 0.15) is 23.0 Å². The lowest BCUT2D eigenvalue weighted by Crippen LogP contribution is -2.44. The first kappa shape index (κ1) is 26.9. The Kier molecular flexibility index (Phi) is 7.58. The molecule has 14 heteroatoms. The van der Waals surface area contributed by atoms with Crippen LogP contribution in [0.4, 0.5) is 24.7 Å². The van der Waals surface area contributed by atoms with Gasteiger partial charge in [-0.2, -0.15) is 0 Å². The van der Waals surface area contributed by atoms with E-state index in [1.807, 2.05) is 0 Å². The van der Waals surface area contributed by atoms with Crippen LogP contribution in [-0.2, 0) is 24.9 Å². The number of amides is 1. The maximum atomic E-state index is 13.5. The van der Waals surface area contributed by atoms with Crippen molar-refractivity contribution < 1.29 is 27.4 Å². The lowest BCUT2D eigenvalue weighted by molar-refractivity contribution is -0.274. The molecule has 4 rings (SSSR count). The topological polar surface area (TPSA) is 107 Å². The van der Waals surface area contributed by atoms with Crippen LogP contribution in [0.1, 0.15) is 12.5 Å². The summed E-state index contributed by atoms with van der Waals surface area (Å²) in [6.45, 7) is 1.42. The summed E-state index contributed by atoms with van der Waals surface area (Å²) in [5, 5.41) is 6.03. The standard InChI is InChI=1S/C24H23ClF3N5O5/c1-14(34)29-10-11-32-21(35)19-20(31(2)23(32)36)30-22(33(19)13-15-6-8-16(25)9-7-15)37-17-4-3-5-18(12-17)38-24(26,27)28/h3-9,12,22,30H,10-11,13H2,1-2H3,(H,29,34). The fourth-order valence-corrected chi connectivity index (χ4v) is 4.07. The normalized spacial score (nSPS) is 14.6. The third kappa shape index (κ3) is 6.05. The molecule has 1 amide bonds. The number of alkyl halides is 3. The van der Waals surface area contributed by atoms with Crippen molar-refractivity contribution in [2.75, 3.05) is 16.8 Å². The summed E-state index contributed by atoms with van der Waals surface area (Å²) in [7, 11) is 1.46. The van der Waals surface area contributed by atoms with Gasteiger partial charge in [-0.3, -0.25) is 18.7 Å². The van der Waals surface area contributed by atoms with Crippen LogP contribution in [0.2, 0.25) is 5.02 Å². The van der Waals surface area contributed by atoms with E-state index < -0.39 is 29.7 Å². The highest BCUT2D eigenvalue weighted by atomic mass is 35.5. The highest BCUT2D eigenvalue weighted by Gasteiger charge is 2.37.